The van der Waals surface area contributed by atoms with Crippen molar-refractivity contribution in [3.05, 3.63) is 33.1 Å². The predicted molar refractivity (Wildman–Crippen MR) is 71.7 cm³/mol. The van der Waals surface area contributed by atoms with Crippen LogP contribution in [0.25, 0.3) is 11.3 Å². The van der Waals surface area contributed by atoms with Crippen molar-refractivity contribution >= 4 is 22.9 Å². The summed E-state index contributed by atoms with van der Waals surface area (Å²) in [4.78, 5) is 4.44. The molecule has 2 rings (SSSR count). The lowest BCUT2D eigenvalue weighted by Crippen LogP contribution is -1.96. The van der Waals surface area contributed by atoms with Gasteiger partial charge in [0.1, 0.15) is 10.8 Å². The maximum absolute atomic E-state index is 6.07. The van der Waals surface area contributed by atoms with E-state index in [-0.39, 0.29) is 0 Å². The summed E-state index contributed by atoms with van der Waals surface area (Å²) in [6.45, 7) is 2.41. The third kappa shape index (κ3) is 2.44. The summed E-state index contributed by atoms with van der Waals surface area (Å²) in [6, 6.07) is 3.74. The van der Waals surface area contributed by atoms with Crippen molar-refractivity contribution in [1.29, 1.82) is 0 Å². The largest absolute Gasteiger partial charge is 0.496 e. The Balaban J connectivity index is 2.57. The normalized spacial score (nSPS) is 10.6. The number of thiazole rings is 1. The first-order valence-electron chi connectivity index (χ1n) is 5.14. The number of hydrogen-bond acceptors (Lipinski definition) is 4. The van der Waals surface area contributed by atoms with Crippen LogP contribution in [0.15, 0.2) is 17.5 Å². The number of nitrogens with zero attached hydrogens (tertiary/aromatic N) is 1. The van der Waals surface area contributed by atoms with Crippen LogP contribution < -0.4 is 10.5 Å². The van der Waals surface area contributed by atoms with E-state index in [0.29, 0.717) is 11.6 Å². The molecule has 0 bridgehead atoms. The molecule has 1 heterocycles. The maximum atomic E-state index is 6.07. The summed E-state index contributed by atoms with van der Waals surface area (Å²) >= 11 is 7.61. The summed E-state index contributed by atoms with van der Waals surface area (Å²) in [5, 5.41) is 3.55. The molecule has 0 saturated carbocycles. The van der Waals surface area contributed by atoms with Gasteiger partial charge in [0.25, 0.3) is 0 Å². The average Bonchev–Trinajstić information content (AvgIpc) is 2.76. The molecule has 0 spiro atoms. The molecule has 0 saturated heterocycles. The van der Waals surface area contributed by atoms with Crippen molar-refractivity contribution in [3.63, 3.8) is 0 Å². The van der Waals surface area contributed by atoms with E-state index in [1.807, 2.05) is 24.4 Å². The average molecular weight is 269 g/mol. The van der Waals surface area contributed by atoms with Gasteiger partial charge in [-0.1, -0.05) is 11.6 Å². The first kappa shape index (κ1) is 12.4. The van der Waals surface area contributed by atoms with E-state index < -0.39 is 0 Å². The lowest BCUT2D eigenvalue weighted by atomic mass is 10.1. The number of halogens is 1. The van der Waals surface area contributed by atoms with Gasteiger partial charge in [0, 0.05) is 22.5 Å². The Morgan fingerprint density at radius 2 is 2.24 bits per heavy atom. The third-order valence-electron chi connectivity index (χ3n) is 2.45. The predicted octanol–water partition coefficient (Wildman–Crippen LogP) is 3.24. The van der Waals surface area contributed by atoms with Crippen LogP contribution in [0.2, 0.25) is 5.02 Å². The second kappa shape index (κ2) is 5.04. The lowest BCUT2D eigenvalue weighted by molar-refractivity contribution is 0.413. The number of methoxy groups -OCH3 is 1. The van der Waals surface area contributed by atoms with E-state index in [4.69, 9.17) is 22.1 Å². The van der Waals surface area contributed by atoms with Gasteiger partial charge in [0.2, 0.25) is 0 Å². The summed E-state index contributed by atoms with van der Waals surface area (Å²) < 4.78 is 5.40. The van der Waals surface area contributed by atoms with Crippen molar-refractivity contribution in [2.75, 3.05) is 7.11 Å². The highest BCUT2D eigenvalue weighted by Gasteiger charge is 2.13. The molecule has 0 fully saturated rings. The van der Waals surface area contributed by atoms with Gasteiger partial charge < -0.3 is 10.5 Å². The monoisotopic (exact) mass is 268 g/mol. The van der Waals surface area contributed by atoms with E-state index in [1.54, 1.807) is 18.4 Å². The van der Waals surface area contributed by atoms with Crippen LogP contribution in [0.3, 0.4) is 0 Å². The fraction of sp³-hybridized carbons (Fsp3) is 0.250. The molecule has 0 unspecified atom stereocenters. The number of hydrogen-bond donors (Lipinski definition) is 1. The third-order valence-corrected chi connectivity index (χ3v) is 3.54. The first-order valence-corrected chi connectivity index (χ1v) is 6.40. The number of ether oxygens (including phenoxy) is 1. The van der Waals surface area contributed by atoms with Crippen molar-refractivity contribution in [2.24, 2.45) is 5.73 Å². The molecular weight excluding hydrogens is 256 g/mol. The van der Waals surface area contributed by atoms with Crippen LogP contribution in [0.4, 0.5) is 0 Å². The van der Waals surface area contributed by atoms with Gasteiger partial charge in [0.05, 0.1) is 12.8 Å². The van der Waals surface area contributed by atoms with Gasteiger partial charge in [-0.25, -0.2) is 4.98 Å². The fourth-order valence-corrected chi connectivity index (χ4v) is 2.67. The fourth-order valence-electron chi connectivity index (χ4n) is 1.72. The number of aryl methyl sites for hydroxylation is 1. The highest BCUT2D eigenvalue weighted by Crippen LogP contribution is 2.35. The van der Waals surface area contributed by atoms with Gasteiger partial charge >= 0.3 is 0 Å². The molecule has 17 heavy (non-hydrogen) atoms. The van der Waals surface area contributed by atoms with Crippen molar-refractivity contribution in [2.45, 2.75) is 13.5 Å². The van der Waals surface area contributed by atoms with Crippen LogP contribution in [0.1, 0.15) is 10.6 Å². The van der Waals surface area contributed by atoms with Gasteiger partial charge in [-0.3, -0.25) is 0 Å². The second-order valence-electron chi connectivity index (χ2n) is 3.63. The number of nitrogens with two attached hydrogens (primary N) is 1. The van der Waals surface area contributed by atoms with Crippen LogP contribution in [0.5, 0.6) is 5.75 Å². The molecule has 0 aliphatic carbocycles. The standard InChI is InChI=1S/C12H13ClN2OS/c1-7-3-8(13)4-9(12(7)16-2)10-6-17-11(5-14)15-10/h3-4,6H,5,14H2,1-2H3. The van der Waals surface area contributed by atoms with Gasteiger partial charge in [0.15, 0.2) is 0 Å². The quantitative estimate of drug-likeness (QED) is 0.930. The molecule has 1 aromatic carbocycles. The molecule has 0 aliphatic rings. The van der Waals surface area contributed by atoms with E-state index in [2.05, 4.69) is 4.98 Å². The second-order valence-corrected chi connectivity index (χ2v) is 5.01. The topological polar surface area (TPSA) is 48.1 Å². The summed E-state index contributed by atoms with van der Waals surface area (Å²) in [5.74, 6) is 0.809. The Morgan fingerprint density at radius 1 is 1.47 bits per heavy atom. The van der Waals surface area contributed by atoms with Crippen molar-refractivity contribution in [3.8, 4) is 17.0 Å². The van der Waals surface area contributed by atoms with E-state index in [9.17, 15) is 0 Å². The molecule has 1 aromatic heterocycles. The number of rotatable bonds is 3. The Hall–Kier alpha value is -1.10. The van der Waals surface area contributed by atoms with Gasteiger partial charge in [-0.2, -0.15) is 0 Å². The Labute approximate surface area is 109 Å². The molecule has 5 heteroatoms. The minimum atomic E-state index is 0.451. The summed E-state index contributed by atoms with van der Waals surface area (Å²) in [6.07, 6.45) is 0. The smallest absolute Gasteiger partial charge is 0.131 e. The molecule has 90 valence electrons. The SMILES string of the molecule is COc1c(C)cc(Cl)cc1-c1csc(CN)n1. The minimum absolute atomic E-state index is 0.451. The van der Waals surface area contributed by atoms with Crippen LogP contribution in [0, 0.1) is 6.92 Å². The Bertz CT molecular complexity index is 539. The molecule has 2 aromatic rings. The highest BCUT2D eigenvalue weighted by atomic mass is 35.5. The van der Waals surface area contributed by atoms with E-state index in [1.165, 1.54) is 0 Å². The molecule has 0 atom stereocenters. The molecule has 3 nitrogen and oxygen atoms in total. The molecule has 2 N–H and O–H groups in total. The number of aromatic nitrogens is 1. The van der Waals surface area contributed by atoms with Gasteiger partial charge in [-0.15, -0.1) is 11.3 Å². The van der Waals surface area contributed by atoms with Crippen LogP contribution >= 0.6 is 22.9 Å². The van der Waals surface area contributed by atoms with E-state index in [0.717, 1.165) is 27.6 Å². The lowest BCUT2D eigenvalue weighted by Gasteiger charge is -2.10. The van der Waals surface area contributed by atoms with Crippen LogP contribution in [-0.2, 0) is 6.54 Å². The zero-order valence-electron chi connectivity index (χ0n) is 9.66. The van der Waals surface area contributed by atoms with Crippen molar-refractivity contribution in [1.82, 2.24) is 4.98 Å². The Morgan fingerprint density at radius 3 is 2.82 bits per heavy atom. The zero-order chi connectivity index (χ0) is 12.4. The summed E-state index contributed by atoms with van der Waals surface area (Å²) in [7, 11) is 1.65. The zero-order valence-corrected chi connectivity index (χ0v) is 11.2. The van der Waals surface area contributed by atoms with Crippen LogP contribution in [-0.4, -0.2) is 12.1 Å². The van der Waals surface area contributed by atoms with E-state index >= 15 is 0 Å². The molecule has 0 radical (unpaired) electrons. The Kier molecular flexibility index (Phi) is 3.66. The van der Waals surface area contributed by atoms with Gasteiger partial charge in [-0.05, 0) is 24.6 Å². The molecule has 0 amide bonds. The summed E-state index contributed by atoms with van der Waals surface area (Å²) in [5.41, 5.74) is 8.33. The van der Waals surface area contributed by atoms with Crippen molar-refractivity contribution < 1.29 is 4.74 Å². The maximum Gasteiger partial charge on any atom is 0.131 e. The minimum Gasteiger partial charge on any atom is -0.496 e. The number of benzene rings is 1. The molecule has 0 aliphatic heterocycles. The highest BCUT2D eigenvalue weighted by molar-refractivity contribution is 7.09. The molecular formula is C12H13ClN2OS. The first-order chi connectivity index (χ1) is 8.15.